The number of methoxy groups -OCH3 is 1. The molecule has 27 heavy (non-hydrogen) atoms. The van der Waals surface area contributed by atoms with Crippen molar-refractivity contribution >= 4 is 45.1 Å². The predicted molar refractivity (Wildman–Crippen MR) is 106 cm³/mol. The number of ether oxygens (including phenoxy) is 1. The van der Waals surface area contributed by atoms with Gasteiger partial charge in [0.15, 0.2) is 5.16 Å². The highest BCUT2D eigenvalue weighted by Gasteiger charge is 2.26. The number of rotatable bonds is 8. The van der Waals surface area contributed by atoms with Gasteiger partial charge in [-0.2, -0.15) is 0 Å². The molecular weight excluding hydrogens is 386 g/mol. The Hall–Kier alpha value is -1.71. The van der Waals surface area contributed by atoms with Gasteiger partial charge in [0.05, 0.1) is 11.1 Å². The second kappa shape index (κ2) is 8.99. The largest absolute Gasteiger partial charge is 0.385 e. The van der Waals surface area contributed by atoms with Crippen LogP contribution in [0.1, 0.15) is 31.1 Å². The number of likely N-dealkylation sites (tertiary alicyclic amines) is 1. The SMILES string of the molecule is CCc1cc2c(=O)n(CCCOC)c(SCC(=O)N3CCCC3=O)nc2s1. The highest BCUT2D eigenvalue weighted by atomic mass is 32.2. The molecule has 2 aromatic rings. The minimum absolute atomic E-state index is 0.0840. The first kappa shape index (κ1) is 20.0. The summed E-state index contributed by atoms with van der Waals surface area (Å²) in [6.07, 6.45) is 2.68. The Morgan fingerprint density at radius 1 is 1.41 bits per heavy atom. The van der Waals surface area contributed by atoms with Crippen molar-refractivity contribution in [3.8, 4) is 0 Å². The number of thiophene rings is 1. The van der Waals surface area contributed by atoms with E-state index in [0.29, 0.717) is 47.9 Å². The monoisotopic (exact) mass is 409 g/mol. The van der Waals surface area contributed by atoms with E-state index in [1.165, 1.54) is 28.0 Å². The molecule has 1 fully saturated rings. The lowest BCUT2D eigenvalue weighted by molar-refractivity contribution is -0.140. The number of fused-ring (bicyclic) bond motifs is 1. The fourth-order valence-electron chi connectivity index (χ4n) is 3.01. The molecule has 1 saturated heterocycles. The Morgan fingerprint density at radius 2 is 2.22 bits per heavy atom. The van der Waals surface area contributed by atoms with Crippen molar-refractivity contribution < 1.29 is 14.3 Å². The van der Waals surface area contributed by atoms with Crippen LogP contribution in [0, 0.1) is 0 Å². The fourth-order valence-corrected chi connectivity index (χ4v) is 4.92. The van der Waals surface area contributed by atoms with Crippen LogP contribution in [0.2, 0.25) is 0 Å². The summed E-state index contributed by atoms with van der Waals surface area (Å²) in [7, 11) is 1.62. The molecule has 146 valence electrons. The van der Waals surface area contributed by atoms with E-state index in [1.807, 2.05) is 13.0 Å². The smallest absolute Gasteiger partial charge is 0.262 e. The number of aromatic nitrogens is 2. The maximum absolute atomic E-state index is 13.0. The summed E-state index contributed by atoms with van der Waals surface area (Å²) in [6, 6.07) is 1.91. The van der Waals surface area contributed by atoms with E-state index in [-0.39, 0.29) is 23.1 Å². The average Bonchev–Trinajstić information content (AvgIpc) is 3.27. The summed E-state index contributed by atoms with van der Waals surface area (Å²) in [5, 5.41) is 1.15. The molecule has 0 radical (unpaired) electrons. The highest BCUT2D eigenvalue weighted by molar-refractivity contribution is 7.99. The number of hydrogen-bond donors (Lipinski definition) is 0. The lowest BCUT2D eigenvalue weighted by Crippen LogP contribution is -2.33. The zero-order valence-corrected chi connectivity index (χ0v) is 17.2. The quantitative estimate of drug-likeness (QED) is 0.378. The third-order valence-corrected chi connectivity index (χ3v) is 6.58. The van der Waals surface area contributed by atoms with Crippen LogP contribution in [-0.2, 0) is 27.3 Å². The molecule has 0 aliphatic carbocycles. The van der Waals surface area contributed by atoms with Gasteiger partial charge < -0.3 is 4.74 Å². The molecule has 0 N–H and O–H groups in total. The Morgan fingerprint density at radius 3 is 2.89 bits per heavy atom. The molecule has 0 spiro atoms. The van der Waals surface area contributed by atoms with Gasteiger partial charge in [-0.05, 0) is 25.3 Å². The minimum Gasteiger partial charge on any atom is -0.385 e. The third kappa shape index (κ3) is 4.41. The van der Waals surface area contributed by atoms with E-state index < -0.39 is 0 Å². The van der Waals surface area contributed by atoms with Crippen LogP contribution in [0.15, 0.2) is 16.0 Å². The summed E-state index contributed by atoms with van der Waals surface area (Å²) >= 11 is 2.73. The van der Waals surface area contributed by atoms with Gasteiger partial charge in [0.1, 0.15) is 4.83 Å². The van der Waals surface area contributed by atoms with Gasteiger partial charge in [-0.15, -0.1) is 11.3 Å². The molecular formula is C18H23N3O4S2. The van der Waals surface area contributed by atoms with Gasteiger partial charge in [-0.3, -0.25) is 23.9 Å². The van der Waals surface area contributed by atoms with Gasteiger partial charge >= 0.3 is 0 Å². The van der Waals surface area contributed by atoms with Crippen molar-refractivity contribution in [2.45, 2.75) is 44.3 Å². The molecule has 7 nitrogen and oxygen atoms in total. The summed E-state index contributed by atoms with van der Waals surface area (Å²) in [4.78, 5) is 44.8. The van der Waals surface area contributed by atoms with Gasteiger partial charge in [0, 0.05) is 38.1 Å². The first-order chi connectivity index (χ1) is 13.0. The molecule has 0 aromatic carbocycles. The van der Waals surface area contributed by atoms with E-state index >= 15 is 0 Å². The van der Waals surface area contributed by atoms with Crippen LogP contribution in [0.3, 0.4) is 0 Å². The number of hydrogen-bond acceptors (Lipinski definition) is 7. The van der Waals surface area contributed by atoms with Gasteiger partial charge in [0.25, 0.3) is 5.56 Å². The van der Waals surface area contributed by atoms with Crippen molar-refractivity contribution in [2.24, 2.45) is 0 Å². The molecule has 0 atom stereocenters. The Kier molecular flexibility index (Phi) is 6.67. The topological polar surface area (TPSA) is 81.5 Å². The van der Waals surface area contributed by atoms with E-state index in [0.717, 1.165) is 17.7 Å². The summed E-state index contributed by atoms with van der Waals surface area (Å²) < 4.78 is 6.71. The number of carbonyl (C=O) groups excluding carboxylic acids is 2. The summed E-state index contributed by atoms with van der Waals surface area (Å²) in [5.74, 6) is -0.243. The van der Waals surface area contributed by atoms with Crippen LogP contribution >= 0.6 is 23.1 Å². The number of nitrogens with zero attached hydrogens (tertiary/aromatic N) is 3. The molecule has 0 unspecified atom stereocenters. The van der Waals surface area contributed by atoms with Crippen LogP contribution in [0.5, 0.6) is 0 Å². The number of amides is 2. The van der Waals surface area contributed by atoms with Crippen molar-refractivity contribution in [2.75, 3.05) is 26.0 Å². The molecule has 2 amide bonds. The van der Waals surface area contributed by atoms with E-state index in [2.05, 4.69) is 4.98 Å². The molecule has 3 rings (SSSR count). The molecule has 3 heterocycles. The van der Waals surface area contributed by atoms with Crippen molar-refractivity contribution in [1.29, 1.82) is 0 Å². The van der Waals surface area contributed by atoms with Crippen LogP contribution in [-0.4, -0.2) is 52.3 Å². The van der Waals surface area contributed by atoms with Crippen molar-refractivity contribution in [3.63, 3.8) is 0 Å². The molecule has 9 heteroatoms. The Bertz CT molecular complexity index is 906. The number of aryl methyl sites for hydroxylation is 1. The lowest BCUT2D eigenvalue weighted by atomic mass is 10.3. The molecule has 0 saturated carbocycles. The standard InChI is InChI=1S/C18H23N3O4S2/c1-3-12-10-13-16(27-12)19-18(21(17(13)24)8-5-9-25-2)26-11-15(23)20-7-4-6-14(20)22/h10H,3-9,11H2,1-2H3. The molecule has 1 aliphatic heterocycles. The second-order valence-electron chi connectivity index (χ2n) is 6.31. The van der Waals surface area contributed by atoms with Crippen LogP contribution < -0.4 is 5.56 Å². The Balaban J connectivity index is 1.86. The van der Waals surface area contributed by atoms with Crippen molar-refractivity contribution in [1.82, 2.24) is 14.5 Å². The zero-order valence-electron chi connectivity index (χ0n) is 15.5. The summed E-state index contributed by atoms with van der Waals surface area (Å²) in [6.45, 7) is 3.55. The predicted octanol–water partition coefficient (Wildman–Crippen LogP) is 2.30. The Labute approximate surface area is 165 Å². The number of carbonyl (C=O) groups is 2. The van der Waals surface area contributed by atoms with E-state index in [9.17, 15) is 14.4 Å². The fraction of sp³-hybridized carbons (Fsp3) is 0.556. The summed E-state index contributed by atoms with van der Waals surface area (Å²) in [5.41, 5.74) is -0.0840. The second-order valence-corrected chi connectivity index (χ2v) is 8.37. The lowest BCUT2D eigenvalue weighted by Gasteiger charge is -2.15. The molecule has 2 aromatic heterocycles. The maximum Gasteiger partial charge on any atom is 0.262 e. The highest BCUT2D eigenvalue weighted by Crippen LogP contribution is 2.25. The first-order valence-corrected chi connectivity index (χ1v) is 10.8. The van der Waals surface area contributed by atoms with E-state index in [1.54, 1.807) is 11.7 Å². The van der Waals surface area contributed by atoms with Crippen molar-refractivity contribution in [3.05, 3.63) is 21.3 Å². The average molecular weight is 410 g/mol. The van der Waals surface area contributed by atoms with Gasteiger partial charge in [0.2, 0.25) is 11.8 Å². The minimum atomic E-state index is -0.222. The molecule has 1 aliphatic rings. The molecule has 0 bridgehead atoms. The first-order valence-electron chi connectivity index (χ1n) is 9.03. The van der Waals surface area contributed by atoms with E-state index in [4.69, 9.17) is 4.74 Å². The number of imide groups is 1. The van der Waals surface area contributed by atoms with Crippen LogP contribution in [0.4, 0.5) is 0 Å². The third-order valence-electron chi connectivity index (χ3n) is 4.45. The maximum atomic E-state index is 13.0. The number of thioether (sulfide) groups is 1. The van der Waals surface area contributed by atoms with Gasteiger partial charge in [-0.1, -0.05) is 18.7 Å². The normalized spacial score (nSPS) is 14.4. The van der Waals surface area contributed by atoms with Crippen LogP contribution in [0.25, 0.3) is 10.2 Å². The van der Waals surface area contributed by atoms with Gasteiger partial charge in [-0.25, -0.2) is 4.98 Å². The zero-order chi connectivity index (χ0) is 19.4.